The molecule has 0 bridgehead atoms. The number of carbonyl (C=O) groups is 2. The van der Waals surface area contributed by atoms with E-state index in [1.807, 2.05) is 0 Å². The minimum absolute atomic E-state index is 0.327. The Morgan fingerprint density at radius 3 is 2.12 bits per heavy atom. The molecule has 0 saturated heterocycles. The van der Waals surface area contributed by atoms with E-state index in [2.05, 4.69) is 0 Å². The van der Waals surface area contributed by atoms with Crippen molar-refractivity contribution in [3.05, 3.63) is 0 Å². The topological polar surface area (TPSA) is 135 Å². The van der Waals surface area contributed by atoms with Gasteiger partial charge in [-0.15, -0.1) is 0 Å². The van der Waals surface area contributed by atoms with E-state index in [1.54, 1.807) is 0 Å². The van der Waals surface area contributed by atoms with E-state index in [9.17, 15) is 14.2 Å². The molecule has 0 spiro atoms. The van der Waals surface area contributed by atoms with Crippen molar-refractivity contribution in [1.82, 2.24) is 4.67 Å². The highest BCUT2D eigenvalue weighted by atomic mass is 31.2. The average molecular weight is 267 g/mol. The van der Waals surface area contributed by atoms with Crippen molar-refractivity contribution in [2.45, 2.75) is 37.8 Å². The highest BCUT2D eigenvalue weighted by molar-refractivity contribution is 7.49. The fraction of sp³-hybridized carbons (Fsp3) is 0.750. The van der Waals surface area contributed by atoms with Crippen LogP contribution in [-0.2, 0) is 14.2 Å². The molecule has 0 heterocycles. The lowest BCUT2D eigenvalue weighted by Gasteiger charge is -2.28. The van der Waals surface area contributed by atoms with Gasteiger partial charge in [0.15, 0.2) is 0 Å². The number of carboxylic acids is 2. The number of nitrogens with zero attached hydrogens (tertiary/aromatic N) is 1. The number of hydrogen-bond acceptors (Lipinski definition) is 3. The second-order valence-corrected chi connectivity index (χ2v) is 5.40. The van der Waals surface area contributed by atoms with Crippen LogP contribution in [0.25, 0.3) is 0 Å². The van der Waals surface area contributed by atoms with Crippen LogP contribution in [0.4, 0.5) is 0 Å². The third-order valence-electron chi connectivity index (χ3n) is 2.46. The summed E-state index contributed by atoms with van der Waals surface area (Å²) in [5.41, 5.74) is 0. The van der Waals surface area contributed by atoms with Gasteiger partial charge in [-0.2, -0.15) is 4.67 Å². The van der Waals surface area contributed by atoms with Crippen molar-refractivity contribution in [2.75, 3.05) is 0 Å². The third kappa shape index (κ3) is 4.08. The summed E-state index contributed by atoms with van der Waals surface area (Å²) in [7, 11) is -4.68. The fourth-order valence-corrected chi connectivity index (χ4v) is 2.85. The van der Waals surface area contributed by atoms with Crippen molar-refractivity contribution in [2.24, 2.45) is 0 Å². The molecule has 0 aromatic heterocycles. The first kappa shape index (κ1) is 14.1. The maximum Gasteiger partial charge on any atom is 0.404 e. The van der Waals surface area contributed by atoms with E-state index >= 15 is 0 Å². The van der Waals surface area contributed by atoms with Crippen molar-refractivity contribution < 1.29 is 34.2 Å². The first-order chi connectivity index (χ1) is 7.73. The Morgan fingerprint density at radius 2 is 1.82 bits per heavy atom. The van der Waals surface area contributed by atoms with Crippen molar-refractivity contribution in [3.63, 3.8) is 0 Å². The molecule has 0 radical (unpaired) electrons. The van der Waals surface area contributed by atoms with Crippen molar-refractivity contribution in [3.8, 4) is 0 Å². The number of hydrogen-bond donors (Lipinski definition) is 4. The first-order valence-corrected chi connectivity index (χ1v) is 6.59. The van der Waals surface area contributed by atoms with E-state index in [1.165, 1.54) is 0 Å². The Balaban J connectivity index is 2.82. The Bertz CT molecular complexity index is 361. The Hall–Kier alpha value is -0.950. The predicted molar refractivity (Wildman–Crippen MR) is 55.2 cm³/mol. The van der Waals surface area contributed by atoms with Crippen molar-refractivity contribution >= 4 is 19.7 Å². The summed E-state index contributed by atoms with van der Waals surface area (Å²) < 4.78 is 11.8. The Labute approximate surface area is 97.1 Å². The molecule has 1 atom stereocenters. The molecule has 0 aromatic carbocycles. The van der Waals surface area contributed by atoms with Gasteiger partial charge in [0.1, 0.15) is 6.04 Å². The monoisotopic (exact) mass is 267 g/mol. The largest absolute Gasteiger partial charge is 0.481 e. The molecule has 17 heavy (non-hydrogen) atoms. The lowest BCUT2D eigenvalue weighted by atomic mass is 10.1. The zero-order chi connectivity index (χ0) is 13.2. The van der Waals surface area contributed by atoms with Crippen LogP contribution in [0.1, 0.15) is 25.7 Å². The van der Waals surface area contributed by atoms with Crippen LogP contribution in [0.3, 0.4) is 0 Å². The standard InChI is InChI=1S/C8H14NO7P/c10-7(11)4-3-6(8(12)13)9(5-1-2-5)17(14,15)16/h5-6H,1-4H2,(H,10,11)(H,12,13)(H2,14,15,16)/t6-/m0/s1. The van der Waals surface area contributed by atoms with Crippen molar-refractivity contribution in [1.29, 1.82) is 0 Å². The molecule has 4 N–H and O–H groups in total. The molecule has 0 unspecified atom stereocenters. The smallest absolute Gasteiger partial charge is 0.404 e. The Morgan fingerprint density at radius 1 is 1.29 bits per heavy atom. The van der Waals surface area contributed by atoms with Gasteiger partial charge >= 0.3 is 19.7 Å². The van der Waals surface area contributed by atoms with Gasteiger partial charge in [0.05, 0.1) is 0 Å². The summed E-state index contributed by atoms with van der Waals surface area (Å²) in [6.45, 7) is 0. The van der Waals surface area contributed by atoms with Crippen LogP contribution < -0.4 is 0 Å². The molecule has 1 rings (SSSR count). The molecule has 0 aliphatic heterocycles. The molecule has 1 aliphatic rings. The molecule has 9 heteroatoms. The summed E-state index contributed by atoms with van der Waals surface area (Å²) in [6, 6.07) is -1.93. The fourth-order valence-electron chi connectivity index (χ4n) is 1.62. The lowest BCUT2D eigenvalue weighted by molar-refractivity contribution is -0.143. The summed E-state index contributed by atoms with van der Waals surface area (Å²) in [5.74, 6) is -2.61. The van der Waals surface area contributed by atoms with Crippen LogP contribution in [-0.4, -0.2) is 48.7 Å². The van der Waals surface area contributed by atoms with E-state index < -0.39 is 38.2 Å². The molecule has 1 saturated carbocycles. The second kappa shape index (κ2) is 5.14. The molecule has 1 aliphatic carbocycles. The molecular formula is C8H14NO7P. The zero-order valence-electron chi connectivity index (χ0n) is 8.89. The van der Waals surface area contributed by atoms with Crippen LogP contribution in [0, 0.1) is 0 Å². The minimum Gasteiger partial charge on any atom is -0.481 e. The molecular weight excluding hydrogens is 253 g/mol. The van der Waals surface area contributed by atoms with E-state index in [0.29, 0.717) is 17.5 Å². The third-order valence-corrected chi connectivity index (χ3v) is 3.66. The van der Waals surface area contributed by atoms with Crippen LogP contribution in [0.5, 0.6) is 0 Å². The summed E-state index contributed by atoms with van der Waals surface area (Å²) >= 11 is 0. The summed E-state index contributed by atoms with van der Waals surface area (Å²) in [6.07, 6.45) is 0.260. The average Bonchev–Trinajstić information content (AvgIpc) is 2.92. The van der Waals surface area contributed by atoms with Crippen LogP contribution in [0.2, 0.25) is 0 Å². The van der Waals surface area contributed by atoms with Gasteiger partial charge in [0.25, 0.3) is 0 Å². The highest BCUT2D eigenvalue weighted by Gasteiger charge is 2.46. The van der Waals surface area contributed by atoms with E-state index in [4.69, 9.17) is 20.0 Å². The summed E-state index contributed by atoms with van der Waals surface area (Å²) in [5, 5.41) is 17.4. The molecule has 8 nitrogen and oxygen atoms in total. The SMILES string of the molecule is O=C(O)CC[C@@H](C(=O)O)N(C1CC1)P(=O)(O)O. The van der Waals surface area contributed by atoms with Gasteiger partial charge in [0.2, 0.25) is 0 Å². The quantitative estimate of drug-likeness (QED) is 0.468. The predicted octanol–water partition coefficient (Wildman–Crippen LogP) is -0.139. The van der Waals surface area contributed by atoms with Gasteiger partial charge in [-0.25, -0.2) is 4.57 Å². The van der Waals surface area contributed by atoms with E-state index in [-0.39, 0.29) is 6.42 Å². The first-order valence-electron chi connectivity index (χ1n) is 5.02. The maximum absolute atomic E-state index is 11.2. The zero-order valence-corrected chi connectivity index (χ0v) is 9.79. The van der Waals surface area contributed by atoms with E-state index in [0.717, 1.165) is 0 Å². The van der Waals surface area contributed by atoms with Crippen LogP contribution >= 0.6 is 7.75 Å². The number of aliphatic carboxylic acids is 2. The van der Waals surface area contributed by atoms with Crippen LogP contribution in [0.15, 0.2) is 0 Å². The Kier molecular flexibility index (Phi) is 4.26. The number of carboxylic acid groups (broad SMARTS) is 2. The molecule has 98 valence electrons. The minimum atomic E-state index is -4.68. The summed E-state index contributed by atoms with van der Waals surface area (Å²) in [4.78, 5) is 39.5. The number of rotatable bonds is 7. The highest BCUT2D eigenvalue weighted by Crippen LogP contribution is 2.50. The van der Waals surface area contributed by atoms with Gasteiger partial charge in [-0.05, 0) is 19.3 Å². The molecule has 1 fully saturated rings. The normalized spacial score (nSPS) is 18.1. The lowest BCUT2D eigenvalue weighted by Crippen LogP contribution is -2.40. The van der Waals surface area contributed by atoms with Gasteiger partial charge < -0.3 is 20.0 Å². The second-order valence-electron chi connectivity index (χ2n) is 3.91. The van der Waals surface area contributed by atoms with Gasteiger partial charge in [-0.1, -0.05) is 0 Å². The van der Waals surface area contributed by atoms with Gasteiger partial charge in [-0.3, -0.25) is 9.59 Å². The maximum atomic E-state index is 11.2. The van der Waals surface area contributed by atoms with Gasteiger partial charge in [0, 0.05) is 12.5 Å². The molecule has 0 aromatic rings. The molecule has 0 amide bonds.